The molecule has 6 nitrogen and oxygen atoms in total. The first kappa shape index (κ1) is 17.3. The molecule has 21 heavy (non-hydrogen) atoms. The smallest absolute Gasteiger partial charge is 0.328 e. The maximum Gasteiger partial charge on any atom is 0.328 e. The summed E-state index contributed by atoms with van der Waals surface area (Å²) in [6.07, 6.45) is 4.90. The van der Waals surface area contributed by atoms with Crippen molar-refractivity contribution in [1.29, 1.82) is 0 Å². The van der Waals surface area contributed by atoms with Crippen LogP contribution in [0.2, 0.25) is 0 Å². The second-order valence-electron chi connectivity index (χ2n) is 5.95. The van der Waals surface area contributed by atoms with Crippen LogP contribution in [0.3, 0.4) is 0 Å². The summed E-state index contributed by atoms with van der Waals surface area (Å²) in [5.41, 5.74) is 0.249. The van der Waals surface area contributed by atoms with Crippen LogP contribution in [0, 0.1) is 5.41 Å². The van der Waals surface area contributed by atoms with E-state index in [4.69, 9.17) is 5.11 Å². The molecule has 0 bridgehead atoms. The Balaban J connectivity index is 3.09. The van der Waals surface area contributed by atoms with Crippen molar-refractivity contribution in [2.24, 2.45) is 5.41 Å². The van der Waals surface area contributed by atoms with Gasteiger partial charge in [0, 0.05) is 32.1 Å². The largest absolute Gasteiger partial charge is 0.478 e. The van der Waals surface area contributed by atoms with Gasteiger partial charge in [0.25, 0.3) is 0 Å². The average Bonchev–Trinajstić information content (AvgIpc) is 2.34. The van der Waals surface area contributed by atoms with Gasteiger partial charge in [-0.05, 0) is 23.1 Å². The number of hydrogen-bond acceptors (Lipinski definition) is 4. The minimum absolute atomic E-state index is 0.0433. The number of pyridine rings is 1. The van der Waals surface area contributed by atoms with Gasteiger partial charge in [0.1, 0.15) is 4.90 Å². The molecule has 0 saturated heterocycles. The fourth-order valence-corrected chi connectivity index (χ4v) is 3.16. The summed E-state index contributed by atoms with van der Waals surface area (Å²) < 4.78 is 26.2. The van der Waals surface area contributed by atoms with Crippen molar-refractivity contribution in [3.8, 4) is 0 Å². The molecule has 0 amide bonds. The molecular formula is C14H20N2O4S. The molecule has 0 spiro atoms. The van der Waals surface area contributed by atoms with E-state index in [1.807, 2.05) is 20.8 Å². The highest BCUT2D eigenvalue weighted by Gasteiger charge is 2.25. The van der Waals surface area contributed by atoms with Crippen LogP contribution < -0.4 is 0 Å². The second kappa shape index (κ2) is 6.36. The molecule has 0 aromatic carbocycles. The lowest BCUT2D eigenvalue weighted by Gasteiger charge is -2.26. The molecular weight excluding hydrogens is 292 g/mol. The van der Waals surface area contributed by atoms with Crippen LogP contribution >= 0.6 is 0 Å². The van der Waals surface area contributed by atoms with Crippen molar-refractivity contribution in [2.45, 2.75) is 25.7 Å². The quantitative estimate of drug-likeness (QED) is 0.838. The number of aromatic nitrogens is 1. The van der Waals surface area contributed by atoms with E-state index >= 15 is 0 Å². The van der Waals surface area contributed by atoms with Crippen LogP contribution in [0.1, 0.15) is 26.3 Å². The number of carboxylic acids is 1. The SMILES string of the molecule is CN(CC(C)(C)C)S(=O)(=O)c1cncc(C=CC(=O)O)c1. The van der Waals surface area contributed by atoms with Crippen LogP contribution in [-0.4, -0.2) is 42.4 Å². The third kappa shape index (κ3) is 5.28. The van der Waals surface area contributed by atoms with Gasteiger partial charge >= 0.3 is 5.97 Å². The fraction of sp³-hybridized carbons (Fsp3) is 0.429. The van der Waals surface area contributed by atoms with E-state index in [-0.39, 0.29) is 10.3 Å². The lowest BCUT2D eigenvalue weighted by molar-refractivity contribution is -0.131. The van der Waals surface area contributed by atoms with Crippen LogP contribution in [0.4, 0.5) is 0 Å². The predicted octanol–water partition coefficient (Wildman–Crippen LogP) is 1.85. The summed E-state index contributed by atoms with van der Waals surface area (Å²) in [5, 5.41) is 8.59. The van der Waals surface area contributed by atoms with Crippen molar-refractivity contribution in [3.05, 3.63) is 30.1 Å². The van der Waals surface area contributed by atoms with Crippen molar-refractivity contribution in [3.63, 3.8) is 0 Å². The molecule has 1 rings (SSSR count). The summed E-state index contributed by atoms with van der Waals surface area (Å²) >= 11 is 0. The topological polar surface area (TPSA) is 87.6 Å². The van der Waals surface area contributed by atoms with E-state index in [2.05, 4.69) is 4.98 Å². The van der Waals surface area contributed by atoms with Gasteiger partial charge in [-0.15, -0.1) is 0 Å². The zero-order chi connectivity index (χ0) is 16.3. The second-order valence-corrected chi connectivity index (χ2v) is 7.99. The predicted molar refractivity (Wildman–Crippen MR) is 80.2 cm³/mol. The lowest BCUT2D eigenvalue weighted by Crippen LogP contribution is -2.34. The highest BCUT2D eigenvalue weighted by atomic mass is 32.2. The summed E-state index contributed by atoms with van der Waals surface area (Å²) in [6.45, 7) is 6.21. The van der Waals surface area contributed by atoms with Gasteiger partial charge in [-0.1, -0.05) is 20.8 Å². The molecule has 1 aromatic rings. The standard InChI is InChI=1S/C14H20N2O4S/c1-14(2,3)10-16(4)21(19,20)12-7-11(8-15-9-12)5-6-13(17)18/h5-9H,10H2,1-4H3,(H,17,18). The summed E-state index contributed by atoms with van der Waals surface area (Å²) in [7, 11) is -2.13. The molecule has 7 heteroatoms. The Hall–Kier alpha value is -1.73. The zero-order valence-corrected chi connectivity index (χ0v) is 13.4. The Kier molecular flexibility index (Phi) is 5.25. The number of nitrogens with zero attached hydrogens (tertiary/aromatic N) is 2. The van der Waals surface area contributed by atoms with Crippen molar-refractivity contribution in [1.82, 2.24) is 9.29 Å². The molecule has 0 atom stereocenters. The van der Waals surface area contributed by atoms with Gasteiger partial charge < -0.3 is 5.11 Å². The Bertz CT molecular complexity index is 645. The van der Waals surface area contributed by atoms with Crippen LogP contribution in [0.5, 0.6) is 0 Å². The molecule has 0 aliphatic heterocycles. The third-order valence-electron chi connectivity index (χ3n) is 2.56. The summed E-state index contributed by atoms with van der Waals surface area (Å²) in [5.74, 6) is -1.10. The molecule has 0 saturated carbocycles. The number of sulfonamides is 1. The molecule has 0 aliphatic rings. The van der Waals surface area contributed by atoms with E-state index in [1.54, 1.807) is 0 Å². The molecule has 1 heterocycles. The highest BCUT2D eigenvalue weighted by Crippen LogP contribution is 2.21. The normalized spacial score (nSPS) is 13.0. The Morgan fingerprint density at radius 1 is 1.38 bits per heavy atom. The van der Waals surface area contributed by atoms with Crippen LogP contribution in [-0.2, 0) is 14.8 Å². The average molecular weight is 312 g/mol. The third-order valence-corrected chi connectivity index (χ3v) is 4.33. The van der Waals surface area contributed by atoms with E-state index in [1.165, 1.54) is 35.9 Å². The van der Waals surface area contributed by atoms with Crippen molar-refractivity contribution < 1.29 is 18.3 Å². The molecule has 0 fully saturated rings. The van der Waals surface area contributed by atoms with E-state index < -0.39 is 16.0 Å². The minimum Gasteiger partial charge on any atom is -0.478 e. The molecule has 0 radical (unpaired) electrons. The Morgan fingerprint density at radius 2 is 2.00 bits per heavy atom. The minimum atomic E-state index is -3.64. The van der Waals surface area contributed by atoms with Crippen molar-refractivity contribution in [2.75, 3.05) is 13.6 Å². The molecule has 0 unspecified atom stereocenters. The molecule has 0 aliphatic carbocycles. The maximum atomic E-state index is 12.4. The van der Waals surface area contributed by atoms with Gasteiger partial charge in [-0.25, -0.2) is 17.5 Å². The monoisotopic (exact) mass is 312 g/mol. The maximum absolute atomic E-state index is 12.4. The summed E-state index contributed by atoms with van der Waals surface area (Å²) in [6, 6.07) is 1.40. The molecule has 1 N–H and O–H groups in total. The first-order valence-electron chi connectivity index (χ1n) is 6.35. The van der Waals surface area contributed by atoms with Crippen LogP contribution in [0.15, 0.2) is 29.4 Å². The first-order valence-corrected chi connectivity index (χ1v) is 7.79. The first-order chi connectivity index (χ1) is 9.52. The Labute approximate surface area is 125 Å². The molecule has 1 aromatic heterocycles. The Morgan fingerprint density at radius 3 is 2.52 bits per heavy atom. The van der Waals surface area contributed by atoms with Gasteiger partial charge in [0.15, 0.2) is 0 Å². The van der Waals surface area contributed by atoms with Gasteiger partial charge in [-0.3, -0.25) is 4.98 Å². The zero-order valence-electron chi connectivity index (χ0n) is 12.6. The number of hydrogen-bond donors (Lipinski definition) is 1. The number of aliphatic carboxylic acids is 1. The van der Waals surface area contributed by atoms with Gasteiger partial charge in [-0.2, -0.15) is 0 Å². The highest BCUT2D eigenvalue weighted by molar-refractivity contribution is 7.89. The van der Waals surface area contributed by atoms with E-state index in [9.17, 15) is 13.2 Å². The number of carbonyl (C=O) groups is 1. The fourth-order valence-electron chi connectivity index (χ4n) is 1.77. The van der Waals surface area contributed by atoms with E-state index in [0.717, 1.165) is 6.08 Å². The van der Waals surface area contributed by atoms with Gasteiger partial charge in [0.2, 0.25) is 10.0 Å². The summed E-state index contributed by atoms with van der Waals surface area (Å²) in [4.78, 5) is 14.4. The van der Waals surface area contributed by atoms with Gasteiger partial charge in [0.05, 0.1) is 0 Å². The molecule has 116 valence electrons. The lowest BCUT2D eigenvalue weighted by atomic mass is 9.97. The van der Waals surface area contributed by atoms with Crippen LogP contribution in [0.25, 0.3) is 6.08 Å². The van der Waals surface area contributed by atoms with Crippen molar-refractivity contribution >= 4 is 22.1 Å². The van der Waals surface area contributed by atoms with E-state index in [0.29, 0.717) is 12.1 Å². The number of rotatable bonds is 5. The number of carboxylic acid groups (broad SMARTS) is 1.